The summed E-state index contributed by atoms with van der Waals surface area (Å²) in [5, 5.41) is 3.80. The summed E-state index contributed by atoms with van der Waals surface area (Å²) in [6.07, 6.45) is 2.11. The lowest BCUT2D eigenvalue weighted by atomic mass is 10.1. The van der Waals surface area contributed by atoms with Gasteiger partial charge in [-0.15, -0.1) is 0 Å². The molecule has 1 heterocycles. The molecule has 1 aliphatic carbocycles. The fraction of sp³-hybridized carbons (Fsp3) is 0.286. The van der Waals surface area contributed by atoms with Crippen LogP contribution in [0.25, 0.3) is 11.5 Å². The van der Waals surface area contributed by atoms with Gasteiger partial charge in [-0.1, -0.05) is 17.3 Å². The van der Waals surface area contributed by atoms with Gasteiger partial charge in [0.1, 0.15) is 5.75 Å². The van der Waals surface area contributed by atoms with E-state index < -0.39 is 0 Å². The second kappa shape index (κ2) is 7.23. The number of methoxy groups -OCH3 is 1. The van der Waals surface area contributed by atoms with Crippen molar-refractivity contribution < 1.29 is 14.1 Å². The molecule has 0 saturated heterocycles. The highest BCUT2D eigenvalue weighted by Crippen LogP contribution is 2.30. The minimum atomic E-state index is 0.0431. The van der Waals surface area contributed by atoms with Crippen molar-refractivity contribution in [3.63, 3.8) is 0 Å². The predicted molar refractivity (Wildman–Crippen MR) is 100 cm³/mol. The quantitative estimate of drug-likeness (QED) is 0.665. The largest absolute Gasteiger partial charge is 0.497 e. The van der Waals surface area contributed by atoms with Crippen molar-refractivity contribution in [2.45, 2.75) is 32.4 Å². The molecule has 1 saturated carbocycles. The molecule has 0 bridgehead atoms. The normalized spacial score (nSPS) is 13.4. The third kappa shape index (κ3) is 3.84. The molecule has 0 unspecified atom stereocenters. The fourth-order valence-electron chi connectivity index (χ4n) is 3.02. The first-order valence-corrected chi connectivity index (χ1v) is 8.98. The van der Waals surface area contributed by atoms with Gasteiger partial charge in [-0.25, -0.2) is 0 Å². The topological polar surface area (TPSA) is 68.5 Å². The van der Waals surface area contributed by atoms with Crippen LogP contribution in [0.15, 0.2) is 53.1 Å². The van der Waals surface area contributed by atoms with Crippen LogP contribution in [0.3, 0.4) is 0 Å². The van der Waals surface area contributed by atoms with E-state index >= 15 is 0 Å². The lowest BCUT2D eigenvalue weighted by Gasteiger charge is -2.23. The Labute approximate surface area is 157 Å². The van der Waals surface area contributed by atoms with E-state index in [4.69, 9.17) is 9.26 Å². The standard InChI is InChI=1S/C21H21N3O3/c1-14-22-20(27-23-14)16-5-7-17(8-6-16)21(25)24(18-9-10-18)13-15-3-11-19(26-2)12-4-15/h3-8,11-12,18H,9-10,13H2,1-2H3. The highest BCUT2D eigenvalue weighted by molar-refractivity contribution is 5.95. The minimum absolute atomic E-state index is 0.0431. The Morgan fingerprint density at radius 1 is 1.15 bits per heavy atom. The van der Waals surface area contributed by atoms with Crippen LogP contribution in [0.5, 0.6) is 5.75 Å². The van der Waals surface area contributed by atoms with Gasteiger partial charge in [0.15, 0.2) is 5.82 Å². The zero-order valence-electron chi connectivity index (χ0n) is 15.4. The van der Waals surface area contributed by atoms with Crippen molar-refractivity contribution in [2.24, 2.45) is 0 Å². The molecule has 4 rings (SSSR count). The fourth-order valence-corrected chi connectivity index (χ4v) is 3.02. The number of amides is 1. The number of aryl methyl sites for hydroxylation is 1. The van der Waals surface area contributed by atoms with Crippen LogP contribution in [-0.2, 0) is 6.54 Å². The van der Waals surface area contributed by atoms with Crippen molar-refractivity contribution in [1.82, 2.24) is 15.0 Å². The number of carbonyl (C=O) groups excluding carboxylic acids is 1. The molecule has 1 aromatic heterocycles. The first-order valence-electron chi connectivity index (χ1n) is 8.98. The molecule has 3 aromatic rings. The van der Waals surface area contributed by atoms with E-state index in [0.717, 1.165) is 29.7 Å². The van der Waals surface area contributed by atoms with Crippen LogP contribution in [-0.4, -0.2) is 34.1 Å². The van der Waals surface area contributed by atoms with Gasteiger partial charge in [0.05, 0.1) is 7.11 Å². The molecule has 0 atom stereocenters. The van der Waals surface area contributed by atoms with E-state index in [-0.39, 0.29) is 5.91 Å². The van der Waals surface area contributed by atoms with Gasteiger partial charge in [0.2, 0.25) is 0 Å². The smallest absolute Gasteiger partial charge is 0.257 e. The Bertz CT molecular complexity index is 928. The molecule has 0 radical (unpaired) electrons. The second-order valence-electron chi connectivity index (χ2n) is 6.74. The minimum Gasteiger partial charge on any atom is -0.497 e. The van der Waals surface area contributed by atoms with Crippen molar-refractivity contribution in [2.75, 3.05) is 7.11 Å². The number of benzene rings is 2. The van der Waals surface area contributed by atoms with E-state index in [2.05, 4.69) is 10.1 Å². The SMILES string of the molecule is COc1ccc(CN(C(=O)c2ccc(-c3nc(C)no3)cc2)C2CC2)cc1. The average Bonchev–Trinajstić information content (AvgIpc) is 3.46. The Kier molecular flexibility index (Phi) is 4.62. The summed E-state index contributed by atoms with van der Waals surface area (Å²) < 4.78 is 10.4. The maximum atomic E-state index is 13.1. The van der Waals surface area contributed by atoms with Crippen molar-refractivity contribution in [1.29, 1.82) is 0 Å². The molecule has 0 spiro atoms. The summed E-state index contributed by atoms with van der Waals surface area (Å²) in [6, 6.07) is 15.5. The number of hydrogen-bond donors (Lipinski definition) is 0. The van der Waals surface area contributed by atoms with Crippen LogP contribution in [0.4, 0.5) is 0 Å². The maximum absolute atomic E-state index is 13.1. The van der Waals surface area contributed by atoms with E-state index in [9.17, 15) is 4.79 Å². The zero-order chi connectivity index (χ0) is 18.8. The summed E-state index contributed by atoms with van der Waals surface area (Å²) in [4.78, 5) is 19.2. The molecule has 6 nitrogen and oxygen atoms in total. The Hall–Kier alpha value is -3.15. The molecular formula is C21H21N3O3. The molecule has 1 fully saturated rings. The van der Waals surface area contributed by atoms with Gasteiger partial charge < -0.3 is 14.2 Å². The number of hydrogen-bond acceptors (Lipinski definition) is 5. The Morgan fingerprint density at radius 2 is 1.85 bits per heavy atom. The van der Waals surface area contributed by atoms with Gasteiger partial charge in [-0.3, -0.25) is 4.79 Å². The van der Waals surface area contributed by atoms with Crippen LogP contribution in [0, 0.1) is 6.92 Å². The lowest BCUT2D eigenvalue weighted by molar-refractivity contribution is 0.0730. The number of carbonyl (C=O) groups is 1. The van der Waals surface area contributed by atoms with E-state index in [0.29, 0.717) is 29.9 Å². The Morgan fingerprint density at radius 3 is 2.41 bits per heavy atom. The number of aromatic nitrogens is 2. The molecule has 2 aromatic carbocycles. The summed E-state index contributed by atoms with van der Waals surface area (Å²) in [5.41, 5.74) is 2.56. The first kappa shape index (κ1) is 17.3. The van der Waals surface area contributed by atoms with E-state index in [1.807, 2.05) is 53.4 Å². The van der Waals surface area contributed by atoms with Gasteiger partial charge >= 0.3 is 0 Å². The van der Waals surface area contributed by atoms with Crippen LogP contribution in [0.2, 0.25) is 0 Å². The molecule has 1 aliphatic rings. The van der Waals surface area contributed by atoms with Crippen LogP contribution in [0.1, 0.15) is 34.6 Å². The highest BCUT2D eigenvalue weighted by Gasteiger charge is 2.33. The van der Waals surface area contributed by atoms with Crippen molar-refractivity contribution in [3.8, 4) is 17.2 Å². The average molecular weight is 363 g/mol. The molecular weight excluding hydrogens is 342 g/mol. The summed E-state index contributed by atoms with van der Waals surface area (Å²) in [7, 11) is 1.65. The summed E-state index contributed by atoms with van der Waals surface area (Å²) in [6.45, 7) is 2.37. The second-order valence-corrected chi connectivity index (χ2v) is 6.74. The van der Waals surface area contributed by atoms with Crippen LogP contribution >= 0.6 is 0 Å². The third-order valence-corrected chi connectivity index (χ3v) is 4.67. The van der Waals surface area contributed by atoms with Crippen LogP contribution < -0.4 is 4.74 Å². The molecule has 0 aliphatic heterocycles. The van der Waals surface area contributed by atoms with Gasteiger partial charge in [0.25, 0.3) is 11.8 Å². The molecule has 138 valence electrons. The van der Waals surface area contributed by atoms with Gasteiger partial charge in [-0.05, 0) is 61.7 Å². The Balaban J connectivity index is 1.51. The zero-order valence-corrected chi connectivity index (χ0v) is 15.4. The van der Waals surface area contributed by atoms with E-state index in [1.165, 1.54) is 0 Å². The van der Waals surface area contributed by atoms with Crippen molar-refractivity contribution >= 4 is 5.91 Å². The lowest BCUT2D eigenvalue weighted by Crippen LogP contribution is -2.32. The predicted octanol–water partition coefficient (Wildman–Crippen LogP) is 3.86. The summed E-state index contributed by atoms with van der Waals surface area (Å²) >= 11 is 0. The molecule has 0 N–H and O–H groups in total. The van der Waals surface area contributed by atoms with Gasteiger partial charge in [0, 0.05) is 23.7 Å². The highest BCUT2D eigenvalue weighted by atomic mass is 16.5. The molecule has 6 heteroatoms. The van der Waals surface area contributed by atoms with E-state index in [1.54, 1.807) is 14.0 Å². The number of ether oxygens (including phenoxy) is 1. The monoisotopic (exact) mass is 363 g/mol. The van der Waals surface area contributed by atoms with Crippen molar-refractivity contribution in [3.05, 3.63) is 65.5 Å². The number of rotatable bonds is 6. The summed E-state index contributed by atoms with van der Waals surface area (Å²) in [5.74, 6) is 1.91. The van der Waals surface area contributed by atoms with Gasteiger partial charge in [-0.2, -0.15) is 4.98 Å². The third-order valence-electron chi connectivity index (χ3n) is 4.67. The number of nitrogens with zero attached hydrogens (tertiary/aromatic N) is 3. The maximum Gasteiger partial charge on any atom is 0.257 e. The molecule has 27 heavy (non-hydrogen) atoms. The molecule has 1 amide bonds. The first-order chi connectivity index (χ1) is 13.1.